The number of nitriles is 1. The molecular formula is C13H13NO2. The minimum absolute atomic E-state index is 0.220. The third-order valence-corrected chi connectivity index (χ3v) is 1.98. The van der Waals surface area contributed by atoms with E-state index in [-0.39, 0.29) is 12.4 Å². The molecule has 0 aliphatic heterocycles. The Morgan fingerprint density at radius 2 is 2.12 bits per heavy atom. The highest BCUT2D eigenvalue weighted by Crippen LogP contribution is 2.07. The van der Waals surface area contributed by atoms with Crippen molar-refractivity contribution in [2.45, 2.75) is 13.3 Å². The van der Waals surface area contributed by atoms with Gasteiger partial charge in [0, 0.05) is 6.08 Å². The lowest BCUT2D eigenvalue weighted by Gasteiger charge is -2.02. The van der Waals surface area contributed by atoms with E-state index in [1.165, 1.54) is 6.08 Å². The summed E-state index contributed by atoms with van der Waals surface area (Å²) in [5.41, 5.74) is 1.85. The molecule has 0 unspecified atom stereocenters. The molecule has 3 nitrogen and oxygen atoms in total. The van der Waals surface area contributed by atoms with Crippen LogP contribution in [-0.4, -0.2) is 12.6 Å². The Hall–Kier alpha value is -2.08. The highest BCUT2D eigenvalue weighted by atomic mass is 16.5. The van der Waals surface area contributed by atoms with Crippen LogP contribution in [0.15, 0.2) is 30.3 Å². The quantitative estimate of drug-likeness (QED) is 0.572. The van der Waals surface area contributed by atoms with Crippen molar-refractivity contribution in [3.05, 3.63) is 41.5 Å². The highest BCUT2D eigenvalue weighted by Gasteiger charge is 2.02. The molecule has 0 aliphatic carbocycles. The number of ether oxygens (including phenoxy) is 1. The molecule has 0 aromatic heterocycles. The van der Waals surface area contributed by atoms with Gasteiger partial charge in [0.15, 0.2) is 0 Å². The van der Waals surface area contributed by atoms with Crippen LogP contribution in [0.25, 0.3) is 6.08 Å². The smallest absolute Gasteiger partial charge is 0.310 e. The molecule has 1 rings (SSSR count). The second-order valence-corrected chi connectivity index (χ2v) is 3.19. The fourth-order valence-electron chi connectivity index (χ4n) is 1.26. The van der Waals surface area contributed by atoms with Gasteiger partial charge in [0.1, 0.15) is 0 Å². The number of rotatable bonds is 4. The topological polar surface area (TPSA) is 50.1 Å². The lowest BCUT2D eigenvalue weighted by molar-refractivity contribution is -0.142. The molecule has 0 bridgehead atoms. The first-order chi connectivity index (χ1) is 7.76. The van der Waals surface area contributed by atoms with Crippen molar-refractivity contribution in [2.75, 3.05) is 6.61 Å². The van der Waals surface area contributed by atoms with Gasteiger partial charge in [-0.2, -0.15) is 5.26 Å². The van der Waals surface area contributed by atoms with Gasteiger partial charge in [-0.15, -0.1) is 0 Å². The highest BCUT2D eigenvalue weighted by molar-refractivity contribution is 5.72. The SMILES string of the molecule is CCOC(=O)Cc1ccc(C=CC#N)cc1. The summed E-state index contributed by atoms with van der Waals surface area (Å²) in [7, 11) is 0. The van der Waals surface area contributed by atoms with Crippen LogP contribution in [0, 0.1) is 11.3 Å². The van der Waals surface area contributed by atoms with Crippen molar-refractivity contribution in [1.82, 2.24) is 0 Å². The van der Waals surface area contributed by atoms with Gasteiger partial charge in [-0.25, -0.2) is 0 Å². The van der Waals surface area contributed by atoms with Crippen LogP contribution in [0.5, 0.6) is 0 Å². The molecule has 0 radical (unpaired) electrons. The average Bonchev–Trinajstić information content (AvgIpc) is 2.28. The summed E-state index contributed by atoms with van der Waals surface area (Å²) in [5, 5.41) is 8.36. The molecular weight excluding hydrogens is 202 g/mol. The van der Waals surface area contributed by atoms with Crippen LogP contribution < -0.4 is 0 Å². The van der Waals surface area contributed by atoms with Crippen LogP contribution in [0.1, 0.15) is 18.1 Å². The van der Waals surface area contributed by atoms with E-state index in [2.05, 4.69) is 0 Å². The average molecular weight is 215 g/mol. The van der Waals surface area contributed by atoms with Crippen molar-refractivity contribution in [2.24, 2.45) is 0 Å². The fourth-order valence-corrected chi connectivity index (χ4v) is 1.26. The van der Waals surface area contributed by atoms with E-state index >= 15 is 0 Å². The Morgan fingerprint density at radius 3 is 2.69 bits per heavy atom. The predicted molar refractivity (Wildman–Crippen MR) is 61.4 cm³/mol. The summed E-state index contributed by atoms with van der Waals surface area (Å²) in [6, 6.07) is 9.36. The van der Waals surface area contributed by atoms with Crippen LogP contribution in [0.3, 0.4) is 0 Å². The third-order valence-electron chi connectivity index (χ3n) is 1.98. The molecule has 3 heteroatoms. The Balaban J connectivity index is 2.61. The molecule has 0 saturated heterocycles. The molecule has 0 fully saturated rings. The van der Waals surface area contributed by atoms with Crippen LogP contribution in [-0.2, 0) is 16.0 Å². The Morgan fingerprint density at radius 1 is 1.44 bits per heavy atom. The normalized spacial score (nSPS) is 10.0. The van der Waals surface area contributed by atoms with Gasteiger partial charge in [-0.05, 0) is 24.1 Å². The summed E-state index contributed by atoms with van der Waals surface area (Å²) in [5.74, 6) is -0.220. The number of benzene rings is 1. The number of carbonyl (C=O) groups excluding carboxylic acids is 1. The molecule has 1 aromatic carbocycles. The molecule has 0 heterocycles. The molecule has 0 amide bonds. The number of hydrogen-bond acceptors (Lipinski definition) is 3. The molecule has 0 saturated carbocycles. The van der Waals surface area contributed by atoms with Gasteiger partial charge >= 0.3 is 5.97 Å². The zero-order valence-corrected chi connectivity index (χ0v) is 9.14. The summed E-state index contributed by atoms with van der Waals surface area (Å²) in [6.07, 6.45) is 3.42. The van der Waals surface area contributed by atoms with Gasteiger partial charge in [0.05, 0.1) is 19.1 Å². The standard InChI is InChI=1S/C13H13NO2/c1-2-16-13(15)10-12-7-5-11(6-8-12)4-3-9-14/h3-8H,2,10H2,1H3. The molecule has 0 spiro atoms. The van der Waals surface area contributed by atoms with Crippen molar-refractivity contribution in [1.29, 1.82) is 5.26 Å². The Bertz CT molecular complexity index is 413. The Labute approximate surface area is 95.0 Å². The summed E-state index contributed by atoms with van der Waals surface area (Å²) >= 11 is 0. The van der Waals surface area contributed by atoms with E-state index in [0.29, 0.717) is 6.61 Å². The summed E-state index contributed by atoms with van der Waals surface area (Å²) in [4.78, 5) is 11.2. The molecule has 0 N–H and O–H groups in total. The van der Waals surface area contributed by atoms with Crippen molar-refractivity contribution >= 4 is 12.0 Å². The van der Waals surface area contributed by atoms with E-state index in [1.54, 1.807) is 13.0 Å². The summed E-state index contributed by atoms with van der Waals surface area (Å²) in [6.45, 7) is 2.19. The number of hydrogen-bond donors (Lipinski definition) is 0. The predicted octanol–water partition coefficient (Wildman–Crippen LogP) is 2.33. The monoisotopic (exact) mass is 215 g/mol. The first kappa shape index (κ1) is 12.0. The van der Waals surface area contributed by atoms with Crippen LogP contribution in [0.4, 0.5) is 0 Å². The lowest BCUT2D eigenvalue weighted by atomic mass is 10.1. The number of allylic oxidation sites excluding steroid dienone is 1. The van der Waals surface area contributed by atoms with E-state index in [1.807, 2.05) is 30.3 Å². The molecule has 0 aliphatic rings. The lowest BCUT2D eigenvalue weighted by Crippen LogP contribution is -2.07. The largest absolute Gasteiger partial charge is 0.466 e. The van der Waals surface area contributed by atoms with E-state index in [4.69, 9.17) is 10.00 Å². The molecule has 0 atom stereocenters. The van der Waals surface area contributed by atoms with E-state index in [9.17, 15) is 4.79 Å². The number of nitrogens with zero attached hydrogens (tertiary/aromatic N) is 1. The fraction of sp³-hybridized carbons (Fsp3) is 0.231. The van der Waals surface area contributed by atoms with Gasteiger partial charge in [-0.3, -0.25) is 4.79 Å². The second-order valence-electron chi connectivity index (χ2n) is 3.19. The van der Waals surface area contributed by atoms with Crippen molar-refractivity contribution in [3.8, 4) is 6.07 Å². The van der Waals surface area contributed by atoms with Crippen molar-refractivity contribution < 1.29 is 9.53 Å². The van der Waals surface area contributed by atoms with Gasteiger partial charge in [0.2, 0.25) is 0 Å². The van der Waals surface area contributed by atoms with Crippen LogP contribution in [0.2, 0.25) is 0 Å². The second kappa shape index (κ2) is 6.41. The number of carbonyl (C=O) groups is 1. The first-order valence-corrected chi connectivity index (χ1v) is 5.07. The molecule has 16 heavy (non-hydrogen) atoms. The molecule has 82 valence electrons. The molecule has 1 aromatic rings. The third kappa shape index (κ3) is 3.97. The minimum Gasteiger partial charge on any atom is -0.466 e. The van der Waals surface area contributed by atoms with Crippen LogP contribution >= 0.6 is 0 Å². The maximum Gasteiger partial charge on any atom is 0.310 e. The minimum atomic E-state index is -0.220. The van der Waals surface area contributed by atoms with Crippen molar-refractivity contribution in [3.63, 3.8) is 0 Å². The zero-order chi connectivity index (χ0) is 11.8. The maximum atomic E-state index is 11.2. The zero-order valence-electron chi connectivity index (χ0n) is 9.14. The maximum absolute atomic E-state index is 11.2. The van der Waals surface area contributed by atoms with E-state index < -0.39 is 0 Å². The van der Waals surface area contributed by atoms with E-state index in [0.717, 1.165) is 11.1 Å². The van der Waals surface area contributed by atoms with Gasteiger partial charge in [0.25, 0.3) is 0 Å². The Kier molecular flexibility index (Phi) is 4.81. The van der Waals surface area contributed by atoms with Gasteiger partial charge < -0.3 is 4.74 Å². The van der Waals surface area contributed by atoms with Gasteiger partial charge in [-0.1, -0.05) is 24.3 Å². The summed E-state index contributed by atoms with van der Waals surface area (Å²) < 4.78 is 4.84. The number of esters is 1. The first-order valence-electron chi connectivity index (χ1n) is 5.07.